The number of rotatable bonds is 6. The Morgan fingerprint density at radius 2 is 1.88 bits per heavy atom. The van der Waals surface area contributed by atoms with Crippen LogP contribution in [0.25, 0.3) is 0 Å². The van der Waals surface area contributed by atoms with Crippen molar-refractivity contribution < 1.29 is 9.53 Å². The Bertz CT molecular complexity index is 686. The number of nitrogens with one attached hydrogen (secondary N) is 2. The van der Waals surface area contributed by atoms with Gasteiger partial charge in [-0.15, -0.1) is 0 Å². The molecule has 0 atom stereocenters. The van der Waals surface area contributed by atoms with E-state index >= 15 is 0 Å². The van der Waals surface area contributed by atoms with E-state index in [9.17, 15) is 4.79 Å². The molecule has 0 bridgehead atoms. The topological polar surface area (TPSA) is 63.2 Å². The third-order valence-electron chi connectivity index (χ3n) is 4.54. The zero-order valence-electron chi connectivity index (χ0n) is 14.7. The summed E-state index contributed by atoms with van der Waals surface area (Å²) in [6.45, 7) is 0.635. The van der Waals surface area contributed by atoms with E-state index in [1.54, 1.807) is 18.3 Å². The molecule has 5 nitrogen and oxygen atoms in total. The maximum Gasteiger partial charge on any atom is 0.315 e. The fourth-order valence-corrected chi connectivity index (χ4v) is 3.24. The molecule has 0 aliphatic heterocycles. The van der Waals surface area contributed by atoms with Crippen LogP contribution in [-0.4, -0.2) is 29.7 Å². The monoisotopic (exact) mass is 373 g/mol. The van der Waals surface area contributed by atoms with E-state index in [4.69, 9.17) is 16.3 Å². The Labute approximate surface area is 159 Å². The molecule has 1 saturated carbocycles. The molecule has 0 spiro atoms. The Kier molecular flexibility index (Phi) is 6.72. The van der Waals surface area contributed by atoms with Gasteiger partial charge in [0.15, 0.2) is 0 Å². The van der Waals surface area contributed by atoms with Gasteiger partial charge in [0.25, 0.3) is 0 Å². The maximum absolute atomic E-state index is 12.0. The zero-order chi connectivity index (χ0) is 18.2. The number of hydrogen-bond acceptors (Lipinski definition) is 3. The van der Waals surface area contributed by atoms with Crippen LogP contribution in [0.15, 0.2) is 48.7 Å². The number of ether oxygens (including phenoxy) is 1. The van der Waals surface area contributed by atoms with Crippen molar-refractivity contribution in [2.75, 3.05) is 6.54 Å². The van der Waals surface area contributed by atoms with Gasteiger partial charge in [-0.3, -0.25) is 0 Å². The Hall–Kier alpha value is -2.27. The molecular formula is C20H24ClN3O2. The van der Waals surface area contributed by atoms with E-state index in [1.165, 1.54) is 5.56 Å². The van der Waals surface area contributed by atoms with Crippen molar-refractivity contribution in [3.8, 4) is 5.88 Å². The molecule has 2 amide bonds. The summed E-state index contributed by atoms with van der Waals surface area (Å²) < 4.78 is 5.88. The summed E-state index contributed by atoms with van der Waals surface area (Å²) in [5, 5.41) is 6.59. The first kappa shape index (κ1) is 18.5. The Balaban J connectivity index is 1.33. The summed E-state index contributed by atoms with van der Waals surface area (Å²) in [5.74, 6) is 0.601. The third-order valence-corrected chi connectivity index (χ3v) is 4.76. The van der Waals surface area contributed by atoms with Gasteiger partial charge >= 0.3 is 6.03 Å². The minimum absolute atomic E-state index is 0.0929. The molecule has 2 aromatic rings. The number of nitrogens with zero attached hydrogens (tertiary/aromatic N) is 1. The summed E-state index contributed by atoms with van der Waals surface area (Å²) in [6.07, 6.45) is 6.18. The highest BCUT2D eigenvalue weighted by molar-refractivity contribution is 6.30. The lowest BCUT2D eigenvalue weighted by atomic mass is 9.93. The summed E-state index contributed by atoms with van der Waals surface area (Å²) in [4.78, 5) is 16.2. The van der Waals surface area contributed by atoms with Crippen molar-refractivity contribution in [3.05, 3.63) is 59.2 Å². The number of carbonyl (C=O) groups excluding carboxylic acids is 1. The molecule has 3 rings (SSSR count). The van der Waals surface area contributed by atoms with Gasteiger partial charge < -0.3 is 15.4 Å². The molecule has 1 fully saturated rings. The molecule has 0 saturated heterocycles. The van der Waals surface area contributed by atoms with Gasteiger partial charge in [-0.25, -0.2) is 9.78 Å². The number of hydrogen-bond donors (Lipinski definition) is 2. The van der Waals surface area contributed by atoms with Crippen molar-refractivity contribution >= 4 is 17.6 Å². The second kappa shape index (κ2) is 9.43. The van der Waals surface area contributed by atoms with Crippen LogP contribution < -0.4 is 15.4 Å². The summed E-state index contributed by atoms with van der Waals surface area (Å²) >= 11 is 5.83. The summed E-state index contributed by atoms with van der Waals surface area (Å²) in [5.41, 5.74) is 1.22. The number of benzene rings is 1. The van der Waals surface area contributed by atoms with Gasteiger partial charge in [0.05, 0.1) is 5.02 Å². The second-order valence-corrected chi connectivity index (χ2v) is 6.98. The van der Waals surface area contributed by atoms with Gasteiger partial charge in [-0.05, 0) is 43.7 Å². The van der Waals surface area contributed by atoms with E-state index in [2.05, 4.69) is 27.8 Å². The molecule has 1 aromatic heterocycles. The fourth-order valence-electron chi connectivity index (χ4n) is 3.13. The van der Waals surface area contributed by atoms with E-state index in [1.807, 2.05) is 18.2 Å². The van der Waals surface area contributed by atoms with E-state index in [0.717, 1.165) is 32.1 Å². The van der Waals surface area contributed by atoms with Crippen LogP contribution in [-0.2, 0) is 6.42 Å². The first-order valence-corrected chi connectivity index (χ1v) is 9.43. The lowest BCUT2D eigenvalue weighted by Gasteiger charge is -2.29. The number of halogens is 1. The Morgan fingerprint density at radius 3 is 2.58 bits per heavy atom. The molecular weight excluding hydrogens is 350 g/mol. The molecule has 1 aromatic carbocycles. The van der Waals surface area contributed by atoms with E-state index in [-0.39, 0.29) is 18.2 Å². The molecule has 1 aliphatic carbocycles. The van der Waals surface area contributed by atoms with Gasteiger partial charge in [0.1, 0.15) is 6.10 Å². The normalized spacial score (nSPS) is 19.6. The summed E-state index contributed by atoms with van der Waals surface area (Å²) in [7, 11) is 0. The van der Waals surface area contributed by atoms with Gasteiger partial charge in [0, 0.05) is 24.8 Å². The number of urea groups is 1. The lowest BCUT2D eigenvalue weighted by Crippen LogP contribution is -2.45. The molecule has 26 heavy (non-hydrogen) atoms. The largest absolute Gasteiger partial charge is 0.474 e. The first-order valence-electron chi connectivity index (χ1n) is 9.05. The molecule has 6 heteroatoms. The highest BCUT2D eigenvalue weighted by Crippen LogP contribution is 2.23. The predicted octanol–water partition coefficient (Wildman–Crippen LogP) is 3.97. The Morgan fingerprint density at radius 1 is 1.12 bits per heavy atom. The minimum atomic E-state index is -0.0929. The average molecular weight is 374 g/mol. The van der Waals surface area contributed by atoms with Crippen LogP contribution in [0.5, 0.6) is 5.88 Å². The van der Waals surface area contributed by atoms with Crippen molar-refractivity contribution in [3.63, 3.8) is 0 Å². The number of amides is 2. The highest BCUT2D eigenvalue weighted by atomic mass is 35.5. The molecule has 0 unspecified atom stereocenters. The van der Waals surface area contributed by atoms with Crippen LogP contribution in [0.1, 0.15) is 31.2 Å². The van der Waals surface area contributed by atoms with Crippen LogP contribution >= 0.6 is 11.6 Å². The van der Waals surface area contributed by atoms with Crippen LogP contribution in [0.4, 0.5) is 4.79 Å². The van der Waals surface area contributed by atoms with Gasteiger partial charge in [0.2, 0.25) is 5.88 Å². The standard InChI is InChI=1S/C20H24ClN3O2/c21-16-6-11-19(23-14-16)26-18-9-7-17(8-10-18)24-20(25)22-13-12-15-4-2-1-3-5-15/h1-6,11,14,17-18H,7-10,12-13H2,(H2,22,24,25). The molecule has 2 N–H and O–H groups in total. The molecule has 1 aliphatic rings. The first-order chi connectivity index (χ1) is 12.7. The van der Waals surface area contributed by atoms with Crippen molar-refractivity contribution in [1.82, 2.24) is 15.6 Å². The van der Waals surface area contributed by atoms with Gasteiger partial charge in [-0.2, -0.15) is 0 Å². The van der Waals surface area contributed by atoms with Crippen LogP contribution in [0.2, 0.25) is 5.02 Å². The second-order valence-electron chi connectivity index (χ2n) is 6.54. The highest BCUT2D eigenvalue weighted by Gasteiger charge is 2.23. The molecule has 0 radical (unpaired) electrons. The summed E-state index contributed by atoms with van der Waals surface area (Å²) in [6, 6.07) is 13.8. The van der Waals surface area contributed by atoms with Crippen LogP contribution in [0.3, 0.4) is 0 Å². The predicted molar refractivity (Wildman–Crippen MR) is 103 cm³/mol. The van der Waals surface area contributed by atoms with Crippen molar-refractivity contribution in [1.29, 1.82) is 0 Å². The molecule has 138 valence electrons. The lowest BCUT2D eigenvalue weighted by molar-refractivity contribution is 0.135. The zero-order valence-corrected chi connectivity index (χ0v) is 15.4. The smallest absolute Gasteiger partial charge is 0.315 e. The number of pyridine rings is 1. The quantitative estimate of drug-likeness (QED) is 0.805. The minimum Gasteiger partial charge on any atom is -0.474 e. The van der Waals surface area contributed by atoms with E-state index < -0.39 is 0 Å². The molecule has 1 heterocycles. The number of carbonyl (C=O) groups is 1. The van der Waals surface area contributed by atoms with E-state index in [0.29, 0.717) is 17.4 Å². The average Bonchev–Trinajstić information content (AvgIpc) is 2.66. The fraction of sp³-hybridized carbons (Fsp3) is 0.400. The van der Waals surface area contributed by atoms with Crippen LogP contribution in [0, 0.1) is 0 Å². The number of aromatic nitrogens is 1. The van der Waals surface area contributed by atoms with Gasteiger partial charge in [-0.1, -0.05) is 41.9 Å². The third kappa shape index (κ3) is 5.92. The van der Waals surface area contributed by atoms with Crippen molar-refractivity contribution in [2.24, 2.45) is 0 Å². The SMILES string of the molecule is O=C(NCCc1ccccc1)NC1CCC(Oc2ccc(Cl)cn2)CC1. The van der Waals surface area contributed by atoms with Crippen molar-refractivity contribution in [2.45, 2.75) is 44.2 Å². The maximum atomic E-state index is 12.0.